The lowest BCUT2D eigenvalue weighted by atomic mass is 10.1. The number of hydrogen-bond acceptors (Lipinski definition) is 5. The van der Waals surface area contributed by atoms with Crippen LogP contribution in [-0.2, 0) is 6.54 Å². The highest BCUT2D eigenvalue weighted by Crippen LogP contribution is 2.25. The molecular formula is C10H16N4O2. The summed E-state index contributed by atoms with van der Waals surface area (Å²) in [4.78, 5) is 10.4. The van der Waals surface area contributed by atoms with E-state index in [4.69, 9.17) is 11.5 Å². The highest BCUT2D eigenvalue weighted by Gasteiger charge is 2.13. The zero-order chi connectivity index (χ0) is 12.0. The summed E-state index contributed by atoms with van der Waals surface area (Å²) in [6, 6.07) is 4.94. The molecule has 0 bridgehead atoms. The van der Waals surface area contributed by atoms with Gasteiger partial charge in [0.25, 0.3) is 5.69 Å². The zero-order valence-electron chi connectivity index (χ0n) is 8.98. The lowest BCUT2D eigenvalue weighted by Crippen LogP contribution is -2.10. The Morgan fingerprint density at radius 1 is 1.38 bits per heavy atom. The largest absolute Gasteiger partial charge is 0.379 e. The highest BCUT2D eigenvalue weighted by atomic mass is 16.6. The van der Waals surface area contributed by atoms with E-state index >= 15 is 0 Å². The molecule has 0 spiro atoms. The first kappa shape index (κ1) is 12.4. The molecule has 0 aliphatic carbocycles. The Morgan fingerprint density at radius 3 is 2.69 bits per heavy atom. The number of nitro benzene ring substituents is 1. The van der Waals surface area contributed by atoms with Crippen molar-refractivity contribution in [1.82, 2.24) is 0 Å². The van der Waals surface area contributed by atoms with Crippen molar-refractivity contribution in [2.45, 2.75) is 13.0 Å². The Hall–Kier alpha value is -1.66. The number of nitrogens with two attached hydrogens (primary N) is 2. The molecule has 0 radical (unpaired) electrons. The maximum atomic E-state index is 10.8. The average molecular weight is 224 g/mol. The van der Waals surface area contributed by atoms with Gasteiger partial charge < -0.3 is 16.8 Å². The fourth-order valence-corrected chi connectivity index (χ4v) is 1.33. The average Bonchev–Trinajstić information content (AvgIpc) is 2.29. The number of hydrogen-bond donors (Lipinski definition) is 3. The number of nitrogens with zero attached hydrogens (tertiary/aromatic N) is 1. The van der Waals surface area contributed by atoms with Crippen LogP contribution in [0.4, 0.5) is 11.4 Å². The SMILES string of the molecule is NCCCNc1ccc(CN)cc1[N+](=O)[O-]. The predicted octanol–water partition coefficient (Wildman–Crippen LogP) is 0.814. The summed E-state index contributed by atoms with van der Waals surface area (Å²) in [7, 11) is 0. The highest BCUT2D eigenvalue weighted by molar-refractivity contribution is 5.62. The van der Waals surface area contributed by atoms with E-state index in [0.717, 1.165) is 12.0 Å². The summed E-state index contributed by atoms with van der Waals surface area (Å²) in [5.74, 6) is 0. The second-order valence-corrected chi connectivity index (χ2v) is 3.38. The van der Waals surface area contributed by atoms with E-state index in [1.54, 1.807) is 12.1 Å². The van der Waals surface area contributed by atoms with Gasteiger partial charge in [-0.3, -0.25) is 10.1 Å². The zero-order valence-corrected chi connectivity index (χ0v) is 8.98. The molecular weight excluding hydrogens is 208 g/mol. The van der Waals surface area contributed by atoms with Crippen molar-refractivity contribution in [1.29, 1.82) is 0 Å². The van der Waals surface area contributed by atoms with Gasteiger partial charge >= 0.3 is 0 Å². The number of nitrogens with one attached hydrogen (secondary N) is 1. The second kappa shape index (κ2) is 6.04. The van der Waals surface area contributed by atoms with Crippen LogP contribution in [0.1, 0.15) is 12.0 Å². The van der Waals surface area contributed by atoms with Crippen LogP contribution in [0.5, 0.6) is 0 Å². The smallest absolute Gasteiger partial charge is 0.292 e. The van der Waals surface area contributed by atoms with E-state index in [9.17, 15) is 10.1 Å². The van der Waals surface area contributed by atoms with Gasteiger partial charge in [-0.25, -0.2) is 0 Å². The molecule has 5 N–H and O–H groups in total. The third-order valence-corrected chi connectivity index (χ3v) is 2.19. The maximum absolute atomic E-state index is 10.8. The molecule has 1 aromatic carbocycles. The third-order valence-electron chi connectivity index (χ3n) is 2.19. The van der Waals surface area contributed by atoms with Crippen molar-refractivity contribution in [3.63, 3.8) is 0 Å². The molecule has 0 saturated carbocycles. The Bertz CT molecular complexity index is 368. The number of benzene rings is 1. The Morgan fingerprint density at radius 2 is 2.12 bits per heavy atom. The van der Waals surface area contributed by atoms with Crippen molar-refractivity contribution in [2.75, 3.05) is 18.4 Å². The van der Waals surface area contributed by atoms with E-state index in [2.05, 4.69) is 5.32 Å². The monoisotopic (exact) mass is 224 g/mol. The van der Waals surface area contributed by atoms with Crippen LogP contribution in [0.2, 0.25) is 0 Å². The third kappa shape index (κ3) is 3.18. The molecule has 0 fully saturated rings. The standard InChI is InChI=1S/C10H16N4O2/c11-4-1-5-13-9-3-2-8(7-12)6-10(9)14(15)16/h2-3,6,13H,1,4-5,7,11-12H2. The summed E-state index contributed by atoms with van der Waals surface area (Å²) in [5, 5.41) is 13.8. The Labute approximate surface area is 93.8 Å². The first-order valence-corrected chi connectivity index (χ1v) is 5.10. The summed E-state index contributed by atoms with van der Waals surface area (Å²) in [6.07, 6.45) is 0.774. The van der Waals surface area contributed by atoms with Crippen LogP contribution in [-0.4, -0.2) is 18.0 Å². The van der Waals surface area contributed by atoms with Crippen LogP contribution in [0.15, 0.2) is 18.2 Å². The van der Waals surface area contributed by atoms with Gasteiger partial charge in [-0.05, 0) is 24.6 Å². The molecule has 0 saturated heterocycles. The first-order valence-electron chi connectivity index (χ1n) is 5.10. The molecule has 16 heavy (non-hydrogen) atoms. The fourth-order valence-electron chi connectivity index (χ4n) is 1.33. The molecule has 0 aromatic heterocycles. The molecule has 0 unspecified atom stereocenters. The lowest BCUT2D eigenvalue weighted by Gasteiger charge is -2.07. The normalized spacial score (nSPS) is 10.1. The molecule has 0 heterocycles. The van der Waals surface area contributed by atoms with E-state index in [1.165, 1.54) is 6.07 Å². The Balaban J connectivity index is 2.85. The van der Waals surface area contributed by atoms with Crippen LogP contribution in [0.3, 0.4) is 0 Å². The number of anilines is 1. The fraction of sp³-hybridized carbons (Fsp3) is 0.400. The second-order valence-electron chi connectivity index (χ2n) is 3.38. The van der Waals surface area contributed by atoms with Crippen LogP contribution >= 0.6 is 0 Å². The maximum Gasteiger partial charge on any atom is 0.292 e. The van der Waals surface area contributed by atoms with Crippen LogP contribution in [0.25, 0.3) is 0 Å². The van der Waals surface area contributed by atoms with Gasteiger partial charge in [0.1, 0.15) is 5.69 Å². The van der Waals surface area contributed by atoms with Gasteiger partial charge in [0.15, 0.2) is 0 Å². The van der Waals surface area contributed by atoms with Crippen molar-refractivity contribution < 1.29 is 4.92 Å². The minimum absolute atomic E-state index is 0.0555. The number of nitro groups is 1. The van der Waals surface area contributed by atoms with Crippen molar-refractivity contribution in [3.05, 3.63) is 33.9 Å². The van der Waals surface area contributed by atoms with Gasteiger partial charge in [-0.2, -0.15) is 0 Å². The lowest BCUT2D eigenvalue weighted by molar-refractivity contribution is -0.384. The molecule has 0 aliphatic heterocycles. The van der Waals surface area contributed by atoms with Crippen LogP contribution < -0.4 is 16.8 Å². The molecule has 1 aromatic rings. The topological polar surface area (TPSA) is 107 Å². The van der Waals surface area contributed by atoms with Gasteiger partial charge in [-0.15, -0.1) is 0 Å². The van der Waals surface area contributed by atoms with Crippen molar-refractivity contribution in [3.8, 4) is 0 Å². The molecule has 88 valence electrons. The minimum atomic E-state index is -0.413. The van der Waals surface area contributed by atoms with Crippen molar-refractivity contribution in [2.24, 2.45) is 11.5 Å². The van der Waals surface area contributed by atoms with Gasteiger partial charge in [0, 0.05) is 19.2 Å². The molecule has 0 amide bonds. The predicted molar refractivity (Wildman–Crippen MR) is 63.1 cm³/mol. The molecule has 6 nitrogen and oxygen atoms in total. The van der Waals surface area contributed by atoms with Crippen molar-refractivity contribution >= 4 is 11.4 Å². The van der Waals surface area contributed by atoms with E-state index < -0.39 is 4.92 Å². The van der Waals surface area contributed by atoms with Gasteiger partial charge in [-0.1, -0.05) is 6.07 Å². The molecule has 1 rings (SSSR count). The van der Waals surface area contributed by atoms with E-state index in [-0.39, 0.29) is 5.69 Å². The molecule has 0 atom stereocenters. The number of rotatable bonds is 6. The van der Waals surface area contributed by atoms with Gasteiger partial charge in [0.05, 0.1) is 4.92 Å². The summed E-state index contributed by atoms with van der Waals surface area (Å²) in [6.45, 7) is 1.48. The van der Waals surface area contributed by atoms with Gasteiger partial charge in [0.2, 0.25) is 0 Å². The summed E-state index contributed by atoms with van der Waals surface area (Å²) >= 11 is 0. The quantitative estimate of drug-likeness (QED) is 0.376. The minimum Gasteiger partial charge on any atom is -0.379 e. The van der Waals surface area contributed by atoms with Crippen LogP contribution in [0, 0.1) is 10.1 Å². The Kier molecular flexibility index (Phi) is 4.68. The first-order chi connectivity index (χ1) is 7.69. The molecule has 6 heteroatoms. The molecule has 0 aliphatic rings. The summed E-state index contributed by atoms with van der Waals surface area (Å²) < 4.78 is 0. The summed E-state index contributed by atoms with van der Waals surface area (Å²) in [5.41, 5.74) is 12.1. The van der Waals surface area contributed by atoms with E-state index in [1.807, 2.05) is 0 Å². The van der Waals surface area contributed by atoms with E-state index in [0.29, 0.717) is 25.3 Å².